The molecule has 18 heavy (non-hydrogen) atoms. The minimum atomic E-state index is -2.78. The Morgan fingerprint density at radius 3 is 2.22 bits per heavy atom. The first kappa shape index (κ1) is 15.1. The van der Waals surface area contributed by atoms with Crippen LogP contribution in [-0.4, -0.2) is 6.04 Å². The molecule has 0 amide bonds. The molecule has 0 radical (unpaired) electrons. The summed E-state index contributed by atoms with van der Waals surface area (Å²) in [5.41, 5.74) is 7.74. The zero-order valence-electron chi connectivity index (χ0n) is 11.6. The molecule has 1 aromatic rings. The van der Waals surface area contributed by atoms with E-state index in [1.807, 2.05) is 26.8 Å². The van der Waals surface area contributed by atoms with E-state index in [0.717, 1.165) is 30.9 Å². The van der Waals surface area contributed by atoms with Crippen LogP contribution in [0, 0.1) is 0 Å². The van der Waals surface area contributed by atoms with Crippen LogP contribution in [0.25, 0.3) is 0 Å². The number of hydrogen-bond donors (Lipinski definition) is 1. The molecule has 1 aromatic carbocycles. The smallest absolute Gasteiger partial charge is 0.270 e. The number of halogens is 2. The Bertz CT molecular complexity index is 392. The predicted octanol–water partition coefficient (Wildman–Crippen LogP) is 4.20. The summed E-state index contributed by atoms with van der Waals surface area (Å²) in [7, 11) is 0. The Labute approximate surface area is 108 Å². The van der Waals surface area contributed by atoms with Crippen molar-refractivity contribution >= 4 is 0 Å². The zero-order chi connectivity index (χ0) is 13.9. The number of hydrogen-bond acceptors (Lipinski definition) is 1. The molecule has 0 saturated carbocycles. The molecule has 3 heteroatoms. The highest BCUT2D eigenvalue weighted by Gasteiger charge is 2.25. The van der Waals surface area contributed by atoms with Crippen molar-refractivity contribution in [3.8, 4) is 0 Å². The third kappa shape index (κ3) is 4.37. The van der Waals surface area contributed by atoms with Gasteiger partial charge in [-0.2, -0.15) is 0 Å². The summed E-state index contributed by atoms with van der Waals surface area (Å²) >= 11 is 0. The minimum Gasteiger partial charge on any atom is -0.328 e. The van der Waals surface area contributed by atoms with E-state index in [1.54, 1.807) is 12.1 Å². The summed E-state index contributed by atoms with van der Waals surface area (Å²) in [6, 6.07) is 5.33. The van der Waals surface area contributed by atoms with Crippen LogP contribution in [0.15, 0.2) is 18.2 Å². The van der Waals surface area contributed by atoms with Crippen LogP contribution < -0.4 is 5.73 Å². The molecule has 0 aliphatic carbocycles. The standard InChI is InChI=1S/C15H23F2N/c1-10(2)13-7-12(6-5-11(3)18)8-14(9-13)15(4,16)17/h7-11H,5-6,18H2,1-4H3/t11-/m0/s1. The first-order chi connectivity index (χ1) is 8.20. The van der Waals surface area contributed by atoms with Crippen molar-refractivity contribution in [2.75, 3.05) is 0 Å². The van der Waals surface area contributed by atoms with E-state index in [1.165, 1.54) is 0 Å². The van der Waals surface area contributed by atoms with Gasteiger partial charge >= 0.3 is 0 Å². The van der Waals surface area contributed by atoms with E-state index in [-0.39, 0.29) is 17.5 Å². The van der Waals surface area contributed by atoms with E-state index in [9.17, 15) is 8.78 Å². The van der Waals surface area contributed by atoms with Crippen LogP contribution in [0.5, 0.6) is 0 Å². The fourth-order valence-corrected chi connectivity index (χ4v) is 1.84. The molecule has 0 aliphatic heterocycles. The van der Waals surface area contributed by atoms with Crippen molar-refractivity contribution < 1.29 is 8.78 Å². The SMILES string of the molecule is CC(C)c1cc(CC[C@H](C)N)cc(C(C)(F)F)c1. The van der Waals surface area contributed by atoms with Gasteiger partial charge in [-0.1, -0.05) is 19.9 Å². The van der Waals surface area contributed by atoms with Gasteiger partial charge in [-0.25, -0.2) is 8.78 Å². The molecule has 1 rings (SSSR count). The largest absolute Gasteiger partial charge is 0.328 e. The lowest BCUT2D eigenvalue weighted by molar-refractivity contribution is 0.0173. The lowest BCUT2D eigenvalue weighted by Gasteiger charge is -2.17. The molecule has 0 bridgehead atoms. The van der Waals surface area contributed by atoms with Crippen molar-refractivity contribution in [3.63, 3.8) is 0 Å². The molecular weight excluding hydrogens is 232 g/mol. The molecular formula is C15H23F2N. The van der Waals surface area contributed by atoms with E-state index in [4.69, 9.17) is 5.73 Å². The van der Waals surface area contributed by atoms with Crippen LogP contribution in [-0.2, 0) is 12.3 Å². The van der Waals surface area contributed by atoms with Gasteiger partial charge in [0.15, 0.2) is 0 Å². The third-order valence-corrected chi connectivity index (χ3v) is 3.08. The second-order valence-corrected chi connectivity index (χ2v) is 5.52. The maximum Gasteiger partial charge on any atom is 0.270 e. The van der Waals surface area contributed by atoms with E-state index in [0.29, 0.717) is 0 Å². The van der Waals surface area contributed by atoms with Gasteiger partial charge in [-0.15, -0.1) is 0 Å². The number of benzene rings is 1. The fraction of sp³-hybridized carbons (Fsp3) is 0.600. The molecule has 1 nitrogen and oxygen atoms in total. The van der Waals surface area contributed by atoms with Crippen molar-refractivity contribution in [1.82, 2.24) is 0 Å². The summed E-state index contributed by atoms with van der Waals surface area (Å²) < 4.78 is 26.9. The van der Waals surface area contributed by atoms with E-state index in [2.05, 4.69) is 0 Å². The van der Waals surface area contributed by atoms with Crippen molar-refractivity contribution in [3.05, 3.63) is 34.9 Å². The topological polar surface area (TPSA) is 26.0 Å². The minimum absolute atomic E-state index is 0.0956. The molecule has 0 spiro atoms. The van der Waals surface area contributed by atoms with Crippen molar-refractivity contribution in [2.45, 2.75) is 58.4 Å². The van der Waals surface area contributed by atoms with Gasteiger partial charge in [0.05, 0.1) is 0 Å². The summed E-state index contributed by atoms with van der Waals surface area (Å²) in [6.07, 6.45) is 1.57. The van der Waals surface area contributed by atoms with Gasteiger partial charge < -0.3 is 5.73 Å². The van der Waals surface area contributed by atoms with Gasteiger partial charge in [0.25, 0.3) is 5.92 Å². The Kier molecular flexibility index (Phi) is 4.85. The van der Waals surface area contributed by atoms with Gasteiger partial charge in [-0.3, -0.25) is 0 Å². The van der Waals surface area contributed by atoms with Crippen LogP contribution in [0.3, 0.4) is 0 Å². The third-order valence-electron chi connectivity index (χ3n) is 3.08. The average Bonchev–Trinajstić information content (AvgIpc) is 2.24. The highest BCUT2D eigenvalue weighted by molar-refractivity contribution is 5.34. The Morgan fingerprint density at radius 1 is 1.17 bits per heavy atom. The van der Waals surface area contributed by atoms with Gasteiger partial charge in [0.2, 0.25) is 0 Å². The molecule has 0 aliphatic rings. The lowest BCUT2D eigenvalue weighted by atomic mass is 9.93. The van der Waals surface area contributed by atoms with Crippen LogP contribution in [0.2, 0.25) is 0 Å². The Balaban J connectivity index is 3.06. The van der Waals surface area contributed by atoms with Gasteiger partial charge in [0, 0.05) is 18.5 Å². The maximum absolute atomic E-state index is 13.5. The molecule has 2 N–H and O–H groups in total. The number of nitrogens with two attached hydrogens (primary N) is 1. The summed E-state index contributed by atoms with van der Waals surface area (Å²) in [4.78, 5) is 0. The van der Waals surface area contributed by atoms with Gasteiger partial charge in [0.1, 0.15) is 0 Å². The first-order valence-electron chi connectivity index (χ1n) is 6.48. The fourth-order valence-electron chi connectivity index (χ4n) is 1.84. The lowest BCUT2D eigenvalue weighted by Crippen LogP contribution is -2.16. The molecule has 0 saturated heterocycles. The Hall–Kier alpha value is -0.960. The second kappa shape index (κ2) is 5.79. The van der Waals surface area contributed by atoms with Crippen molar-refractivity contribution in [1.29, 1.82) is 0 Å². The second-order valence-electron chi connectivity index (χ2n) is 5.52. The average molecular weight is 255 g/mol. The van der Waals surface area contributed by atoms with E-state index < -0.39 is 5.92 Å². The molecule has 0 aromatic heterocycles. The molecule has 1 atom stereocenters. The predicted molar refractivity (Wildman–Crippen MR) is 72.1 cm³/mol. The number of alkyl halides is 2. The van der Waals surface area contributed by atoms with Crippen molar-refractivity contribution in [2.24, 2.45) is 5.73 Å². The van der Waals surface area contributed by atoms with Crippen LogP contribution in [0.1, 0.15) is 56.7 Å². The number of aryl methyl sites for hydroxylation is 1. The zero-order valence-corrected chi connectivity index (χ0v) is 11.6. The van der Waals surface area contributed by atoms with E-state index >= 15 is 0 Å². The van der Waals surface area contributed by atoms with Crippen LogP contribution >= 0.6 is 0 Å². The quantitative estimate of drug-likeness (QED) is 0.838. The maximum atomic E-state index is 13.5. The molecule has 0 unspecified atom stereocenters. The monoisotopic (exact) mass is 255 g/mol. The Morgan fingerprint density at radius 2 is 1.78 bits per heavy atom. The first-order valence-corrected chi connectivity index (χ1v) is 6.48. The highest BCUT2D eigenvalue weighted by Crippen LogP contribution is 2.31. The van der Waals surface area contributed by atoms with Gasteiger partial charge in [-0.05, 0) is 48.9 Å². The normalized spacial score (nSPS) is 14.0. The molecule has 102 valence electrons. The summed E-state index contributed by atoms with van der Waals surface area (Å²) in [5, 5.41) is 0. The summed E-state index contributed by atoms with van der Waals surface area (Å²) in [5.74, 6) is -2.53. The molecule has 0 heterocycles. The summed E-state index contributed by atoms with van der Waals surface area (Å²) in [6.45, 7) is 6.91. The van der Waals surface area contributed by atoms with Crippen LogP contribution in [0.4, 0.5) is 8.78 Å². The number of rotatable bonds is 5. The molecule has 0 fully saturated rings. The highest BCUT2D eigenvalue weighted by atomic mass is 19.3.